The molecular weight excluding hydrogens is 290 g/mol. The van der Waals surface area contributed by atoms with Crippen molar-refractivity contribution in [1.29, 1.82) is 0 Å². The number of benzene rings is 2. The highest BCUT2D eigenvalue weighted by molar-refractivity contribution is 6.08. The van der Waals surface area contributed by atoms with Gasteiger partial charge in [0.25, 0.3) is 5.91 Å². The second kappa shape index (κ2) is 6.08. The van der Waals surface area contributed by atoms with E-state index in [9.17, 15) is 9.59 Å². The van der Waals surface area contributed by atoms with E-state index in [0.29, 0.717) is 17.0 Å². The van der Waals surface area contributed by atoms with Gasteiger partial charge in [-0.05, 0) is 36.8 Å². The molecule has 1 unspecified atom stereocenters. The molecule has 0 bridgehead atoms. The smallest absolute Gasteiger partial charge is 0.267 e. The Balaban J connectivity index is 1.85. The van der Waals surface area contributed by atoms with Crippen LogP contribution in [-0.2, 0) is 4.79 Å². The van der Waals surface area contributed by atoms with Gasteiger partial charge in [0.05, 0.1) is 5.69 Å². The van der Waals surface area contributed by atoms with E-state index >= 15 is 0 Å². The van der Waals surface area contributed by atoms with Crippen molar-refractivity contribution in [2.75, 3.05) is 11.9 Å². The first-order valence-electron chi connectivity index (χ1n) is 7.42. The van der Waals surface area contributed by atoms with Gasteiger partial charge in [0.2, 0.25) is 0 Å². The number of ketones is 1. The maximum Gasteiger partial charge on any atom is 0.267 e. The van der Waals surface area contributed by atoms with Gasteiger partial charge in [0, 0.05) is 12.6 Å². The van der Waals surface area contributed by atoms with Crippen LogP contribution in [0.15, 0.2) is 54.6 Å². The molecule has 0 N–H and O–H groups in total. The van der Waals surface area contributed by atoms with Crippen LogP contribution in [-0.4, -0.2) is 24.8 Å². The normalized spacial score (nSPS) is 17.0. The molecule has 1 aliphatic rings. The van der Waals surface area contributed by atoms with Crippen molar-refractivity contribution in [2.45, 2.75) is 13.0 Å². The Labute approximate surface area is 135 Å². The van der Waals surface area contributed by atoms with Crippen molar-refractivity contribution in [3.05, 3.63) is 65.7 Å². The summed E-state index contributed by atoms with van der Waals surface area (Å²) in [6, 6.07) is 14.8. The summed E-state index contributed by atoms with van der Waals surface area (Å²) in [6.07, 6.45) is 2.77. The van der Waals surface area contributed by atoms with Crippen molar-refractivity contribution < 1.29 is 14.3 Å². The Hall–Kier alpha value is -2.88. The van der Waals surface area contributed by atoms with E-state index in [4.69, 9.17) is 4.74 Å². The Morgan fingerprint density at radius 2 is 1.91 bits per heavy atom. The number of amides is 1. The summed E-state index contributed by atoms with van der Waals surface area (Å²) < 4.78 is 5.60. The number of carbonyl (C=O) groups excluding carboxylic acids is 2. The molecule has 0 saturated heterocycles. The highest BCUT2D eigenvalue weighted by Gasteiger charge is 2.29. The first-order valence-corrected chi connectivity index (χ1v) is 7.42. The van der Waals surface area contributed by atoms with Gasteiger partial charge in [0.15, 0.2) is 11.9 Å². The summed E-state index contributed by atoms with van der Waals surface area (Å²) in [4.78, 5) is 25.8. The number of carbonyl (C=O) groups is 2. The first-order chi connectivity index (χ1) is 11.1. The van der Waals surface area contributed by atoms with Crippen molar-refractivity contribution in [3.8, 4) is 5.75 Å². The van der Waals surface area contributed by atoms with Gasteiger partial charge < -0.3 is 9.64 Å². The molecule has 4 nitrogen and oxygen atoms in total. The maximum absolute atomic E-state index is 12.3. The average Bonchev–Trinajstić information content (AvgIpc) is 2.58. The molecule has 0 spiro atoms. The molecule has 4 heteroatoms. The number of likely N-dealkylation sites (N-methyl/N-ethyl adjacent to an activating group) is 1. The highest BCUT2D eigenvalue weighted by atomic mass is 16.5. The largest absolute Gasteiger partial charge is 0.479 e. The second-order valence-electron chi connectivity index (χ2n) is 5.45. The second-order valence-corrected chi connectivity index (χ2v) is 5.45. The van der Waals surface area contributed by atoms with Crippen LogP contribution in [0.1, 0.15) is 22.8 Å². The van der Waals surface area contributed by atoms with Gasteiger partial charge in [-0.3, -0.25) is 9.59 Å². The lowest BCUT2D eigenvalue weighted by molar-refractivity contribution is -0.125. The number of rotatable bonds is 3. The quantitative estimate of drug-likeness (QED) is 0.645. The topological polar surface area (TPSA) is 46.6 Å². The van der Waals surface area contributed by atoms with Crippen LogP contribution in [0.4, 0.5) is 5.69 Å². The monoisotopic (exact) mass is 307 g/mol. The minimum absolute atomic E-state index is 0.0967. The molecule has 116 valence electrons. The molecule has 2 aromatic carbocycles. The number of nitrogens with zero attached hydrogens (tertiary/aromatic N) is 1. The SMILES string of the molecule is CC1Oc2cc(C(=O)/C=C/c3ccccc3)ccc2N(C)C1=O. The zero-order valence-electron chi connectivity index (χ0n) is 13.0. The van der Waals surface area contributed by atoms with E-state index in [-0.39, 0.29) is 11.7 Å². The third-order valence-electron chi connectivity index (χ3n) is 3.81. The summed E-state index contributed by atoms with van der Waals surface area (Å²) in [5.74, 6) is 0.353. The highest BCUT2D eigenvalue weighted by Crippen LogP contribution is 2.34. The van der Waals surface area contributed by atoms with E-state index in [0.717, 1.165) is 5.56 Å². The van der Waals surface area contributed by atoms with Crippen LogP contribution < -0.4 is 9.64 Å². The molecule has 0 radical (unpaired) electrons. The van der Waals surface area contributed by atoms with Crippen LogP contribution in [0.25, 0.3) is 6.08 Å². The molecule has 0 fully saturated rings. The lowest BCUT2D eigenvalue weighted by Gasteiger charge is -2.30. The van der Waals surface area contributed by atoms with Gasteiger partial charge in [-0.1, -0.05) is 36.4 Å². The van der Waals surface area contributed by atoms with Crippen molar-refractivity contribution in [3.63, 3.8) is 0 Å². The van der Waals surface area contributed by atoms with E-state index in [2.05, 4.69) is 0 Å². The fourth-order valence-electron chi connectivity index (χ4n) is 2.50. The molecule has 1 aliphatic heterocycles. The van der Waals surface area contributed by atoms with E-state index in [1.165, 1.54) is 6.08 Å². The Bertz CT molecular complexity index is 780. The lowest BCUT2D eigenvalue weighted by atomic mass is 10.1. The van der Waals surface area contributed by atoms with Crippen molar-refractivity contribution in [1.82, 2.24) is 0 Å². The van der Waals surface area contributed by atoms with Gasteiger partial charge in [-0.25, -0.2) is 0 Å². The predicted molar refractivity (Wildman–Crippen MR) is 89.7 cm³/mol. The molecule has 3 rings (SSSR count). The fourth-order valence-corrected chi connectivity index (χ4v) is 2.50. The molecular formula is C19H17NO3. The van der Waals surface area contributed by atoms with Crippen LogP contribution in [0.2, 0.25) is 0 Å². The van der Waals surface area contributed by atoms with Crippen molar-refractivity contribution in [2.24, 2.45) is 0 Å². The van der Waals surface area contributed by atoms with Crippen LogP contribution in [0, 0.1) is 0 Å². The summed E-state index contributed by atoms with van der Waals surface area (Å²) >= 11 is 0. The molecule has 1 atom stereocenters. The van der Waals surface area contributed by atoms with E-state index in [1.807, 2.05) is 30.3 Å². The number of hydrogen-bond donors (Lipinski definition) is 0. The molecule has 0 aliphatic carbocycles. The Morgan fingerprint density at radius 1 is 1.17 bits per heavy atom. The van der Waals surface area contributed by atoms with Crippen LogP contribution in [0.5, 0.6) is 5.75 Å². The number of ether oxygens (including phenoxy) is 1. The molecule has 23 heavy (non-hydrogen) atoms. The van der Waals surface area contributed by atoms with Gasteiger partial charge in [0.1, 0.15) is 5.75 Å². The Morgan fingerprint density at radius 3 is 2.65 bits per heavy atom. The predicted octanol–water partition coefficient (Wildman–Crippen LogP) is 3.33. The van der Waals surface area contributed by atoms with Crippen molar-refractivity contribution >= 4 is 23.5 Å². The van der Waals surface area contributed by atoms with E-state index in [1.54, 1.807) is 43.1 Å². The molecule has 1 heterocycles. The van der Waals surface area contributed by atoms with Gasteiger partial charge in [-0.2, -0.15) is 0 Å². The zero-order chi connectivity index (χ0) is 16.4. The zero-order valence-corrected chi connectivity index (χ0v) is 13.0. The van der Waals surface area contributed by atoms with E-state index < -0.39 is 6.10 Å². The molecule has 1 amide bonds. The first kappa shape index (κ1) is 15.0. The average molecular weight is 307 g/mol. The lowest BCUT2D eigenvalue weighted by Crippen LogP contribution is -2.42. The van der Waals surface area contributed by atoms with Gasteiger partial charge in [-0.15, -0.1) is 0 Å². The third-order valence-corrected chi connectivity index (χ3v) is 3.81. The summed E-state index contributed by atoms with van der Waals surface area (Å²) in [5, 5.41) is 0. The van der Waals surface area contributed by atoms with Crippen LogP contribution >= 0.6 is 0 Å². The molecule has 2 aromatic rings. The standard InChI is InChI=1S/C19H17NO3/c1-13-19(22)20(2)16-10-9-15(12-18(16)23-13)17(21)11-8-14-6-4-3-5-7-14/h3-13H,1-2H3/b11-8+. The summed E-state index contributed by atoms with van der Waals surface area (Å²) in [5.41, 5.74) is 2.18. The summed E-state index contributed by atoms with van der Waals surface area (Å²) in [6.45, 7) is 1.70. The number of anilines is 1. The van der Waals surface area contributed by atoms with Crippen LogP contribution in [0.3, 0.4) is 0 Å². The number of allylic oxidation sites excluding steroid dienone is 1. The fraction of sp³-hybridized carbons (Fsp3) is 0.158. The Kier molecular flexibility index (Phi) is 3.98. The maximum atomic E-state index is 12.3. The molecule has 0 aromatic heterocycles. The third kappa shape index (κ3) is 3.01. The number of hydrogen-bond acceptors (Lipinski definition) is 3. The molecule has 0 saturated carbocycles. The minimum atomic E-state index is -0.544. The minimum Gasteiger partial charge on any atom is -0.479 e. The summed E-state index contributed by atoms with van der Waals surface area (Å²) in [7, 11) is 1.71. The van der Waals surface area contributed by atoms with Gasteiger partial charge >= 0.3 is 0 Å². The number of fused-ring (bicyclic) bond motifs is 1.